The van der Waals surface area contributed by atoms with Gasteiger partial charge in [0.2, 0.25) is 0 Å². The molecule has 1 aliphatic heterocycles. The van der Waals surface area contributed by atoms with E-state index in [4.69, 9.17) is 4.74 Å². The van der Waals surface area contributed by atoms with Crippen molar-refractivity contribution in [3.05, 3.63) is 0 Å². The van der Waals surface area contributed by atoms with Gasteiger partial charge >= 0.3 is 22.1 Å². The van der Waals surface area contributed by atoms with Gasteiger partial charge in [-0.2, -0.15) is 0 Å². The van der Waals surface area contributed by atoms with Gasteiger partial charge in [0.25, 0.3) is 16.3 Å². The Balaban J connectivity index is 0.000000561. The van der Waals surface area contributed by atoms with E-state index >= 15 is 0 Å². The Hall–Kier alpha value is 0.975. The first-order valence-corrected chi connectivity index (χ1v) is 7.81. The normalized spacial score (nSPS) is 29.1. The van der Waals surface area contributed by atoms with Crippen LogP contribution in [0.15, 0.2) is 0 Å². The molecule has 0 aromatic carbocycles. The van der Waals surface area contributed by atoms with Crippen molar-refractivity contribution in [3.8, 4) is 0 Å². The fourth-order valence-corrected chi connectivity index (χ4v) is 2.99. The molecule has 0 saturated carbocycles. The van der Waals surface area contributed by atoms with Crippen LogP contribution in [0.4, 0.5) is 0 Å². The third-order valence-corrected chi connectivity index (χ3v) is 3.49. The van der Waals surface area contributed by atoms with Crippen molar-refractivity contribution >= 4 is 43.3 Å². The van der Waals surface area contributed by atoms with Gasteiger partial charge in [-0.05, 0) is 11.4 Å². The Morgan fingerprint density at radius 1 is 1.50 bits per heavy atom. The molecular formula is C6H14Al2O3S. The van der Waals surface area contributed by atoms with Crippen LogP contribution in [-0.2, 0) is 23.9 Å². The summed E-state index contributed by atoms with van der Waals surface area (Å²) in [6, 6.07) is 0. The first kappa shape index (κ1) is 13.0. The Kier molecular flexibility index (Phi) is 7.99. The molecule has 1 heterocycles. The van der Waals surface area contributed by atoms with E-state index < -0.39 is 10.7 Å². The Labute approximate surface area is 91.7 Å². The molecule has 1 rings (SSSR count). The van der Waals surface area contributed by atoms with Crippen LogP contribution in [0.3, 0.4) is 0 Å². The number of ether oxygens (including phenoxy) is 1. The SMILES string of the molecule is O=[S-](=O)C1CCO[CH]([AlH2])C1.[CH3][AlH+]. The van der Waals surface area contributed by atoms with Crippen molar-refractivity contribution in [3.63, 3.8) is 0 Å². The Morgan fingerprint density at radius 2 is 2.08 bits per heavy atom. The fourth-order valence-electron chi connectivity index (χ4n) is 1.13. The number of rotatable bonds is 1. The molecule has 0 aliphatic carbocycles. The van der Waals surface area contributed by atoms with Gasteiger partial charge in [0.1, 0.15) is 0 Å². The quantitative estimate of drug-likeness (QED) is 0.436. The van der Waals surface area contributed by atoms with Crippen molar-refractivity contribution in [1.82, 2.24) is 0 Å². The Bertz CT molecular complexity index is 176. The van der Waals surface area contributed by atoms with E-state index in [9.17, 15) is 8.42 Å². The topological polar surface area (TPSA) is 43.4 Å². The monoisotopic (exact) mass is 220 g/mol. The van der Waals surface area contributed by atoms with E-state index in [2.05, 4.69) is 0 Å². The summed E-state index contributed by atoms with van der Waals surface area (Å²) in [5.41, 5.74) is 0. The summed E-state index contributed by atoms with van der Waals surface area (Å²) in [5.74, 6) is 2.03. The molecule has 0 aromatic heterocycles. The molecule has 1 aliphatic rings. The third kappa shape index (κ3) is 4.87. The summed E-state index contributed by atoms with van der Waals surface area (Å²) < 4.78 is 26.2. The van der Waals surface area contributed by atoms with E-state index in [1.807, 2.05) is 22.1 Å². The molecule has 0 bridgehead atoms. The predicted molar refractivity (Wildman–Crippen MR) is 53.1 cm³/mol. The van der Waals surface area contributed by atoms with Gasteiger partial charge in [0.15, 0.2) is 0 Å². The molecule has 12 heavy (non-hydrogen) atoms. The first-order chi connectivity index (χ1) is 5.70. The molecule has 0 radical (unpaired) electrons. The molecule has 1 saturated heterocycles. The van der Waals surface area contributed by atoms with Crippen molar-refractivity contribution in [1.29, 1.82) is 0 Å². The van der Waals surface area contributed by atoms with Gasteiger partial charge in [-0.1, -0.05) is 22.4 Å². The van der Waals surface area contributed by atoms with Gasteiger partial charge in [-0.3, -0.25) is 0 Å². The predicted octanol–water partition coefficient (Wildman–Crippen LogP) is -0.631. The van der Waals surface area contributed by atoms with Crippen molar-refractivity contribution < 1.29 is 13.2 Å². The van der Waals surface area contributed by atoms with E-state index in [1.54, 1.807) is 0 Å². The fraction of sp³-hybridized carbons (Fsp3) is 1.00. The first-order valence-electron chi connectivity index (χ1n) is 4.10. The molecular weight excluding hydrogens is 206 g/mol. The standard InChI is InChI=1S/C5H8O3S.CH3.2Al.3H/c6-9(7)5-1-3-8-4-2-5;;;;;;/h3,5H,1-2,4H2;1H3;;;;;/q-1;;;+1;;;. The maximum atomic E-state index is 10.5. The van der Waals surface area contributed by atoms with Gasteiger partial charge in [0, 0.05) is 6.61 Å². The zero-order chi connectivity index (χ0) is 9.56. The zero-order valence-corrected chi connectivity index (χ0v) is 11.8. The number of hydrogen-bond donors (Lipinski definition) is 0. The summed E-state index contributed by atoms with van der Waals surface area (Å²) in [6.45, 7) is 0.618. The molecule has 2 atom stereocenters. The maximum absolute atomic E-state index is 10.5. The van der Waals surface area contributed by atoms with Crippen LogP contribution in [-0.4, -0.2) is 49.4 Å². The summed E-state index contributed by atoms with van der Waals surface area (Å²) in [7, 11) is -1.88. The molecule has 6 heteroatoms. The third-order valence-electron chi connectivity index (χ3n) is 1.71. The van der Waals surface area contributed by atoms with Gasteiger partial charge in [-0.25, -0.2) is 0 Å². The van der Waals surface area contributed by atoms with E-state index in [-0.39, 0.29) is 10.2 Å². The van der Waals surface area contributed by atoms with Crippen LogP contribution in [0.1, 0.15) is 12.8 Å². The second kappa shape index (κ2) is 7.39. The zero-order valence-electron chi connectivity index (χ0n) is 7.62. The number of hydrogen-bond acceptors (Lipinski definition) is 4. The van der Waals surface area contributed by atoms with Gasteiger partial charge < -0.3 is 13.2 Å². The van der Waals surface area contributed by atoms with Crippen LogP contribution in [0.25, 0.3) is 0 Å². The van der Waals surface area contributed by atoms with Crippen LogP contribution < -0.4 is 0 Å². The molecule has 68 valence electrons. The summed E-state index contributed by atoms with van der Waals surface area (Å²) in [4.78, 5) is 0.247. The van der Waals surface area contributed by atoms with Gasteiger partial charge in [-0.15, -0.1) is 0 Å². The van der Waals surface area contributed by atoms with Crippen molar-refractivity contribution in [2.45, 2.75) is 28.8 Å². The minimum absolute atomic E-state index is 0.142. The summed E-state index contributed by atoms with van der Waals surface area (Å²) in [6.07, 6.45) is 1.39. The molecule has 2 unspecified atom stereocenters. The van der Waals surface area contributed by atoms with Crippen molar-refractivity contribution in [2.75, 3.05) is 6.61 Å². The molecule has 0 N–H and O–H groups in total. The van der Waals surface area contributed by atoms with Crippen LogP contribution >= 0.6 is 0 Å². The van der Waals surface area contributed by atoms with Crippen LogP contribution in [0.2, 0.25) is 5.79 Å². The van der Waals surface area contributed by atoms with Crippen LogP contribution in [0, 0.1) is 0 Å². The Morgan fingerprint density at radius 3 is 2.42 bits per heavy atom. The van der Waals surface area contributed by atoms with Gasteiger partial charge in [0.05, 0.1) is 0 Å². The molecule has 1 fully saturated rings. The van der Waals surface area contributed by atoms with E-state index in [0.29, 0.717) is 19.4 Å². The molecule has 3 nitrogen and oxygen atoms in total. The van der Waals surface area contributed by atoms with E-state index in [0.717, 1.165) is 16.3 Å². The van der Waals surface area contributed by atoms with Crippen LogP contribution in [0.5, 0.6) is 0 Å². The average Bonchev–Trinajstić information content (AvgIpc) is 2.08. The van der Waals surface area contributed by atoms with Crippen molar-refractivity contribution in [2.24, 2.45) is 0 Å². The average molecular weight is 220 g/mol. The minimum atomic E-state index is -1.88. The summed E-state index contributed by atoms with van der Waals surface area (Å²) >= 11 is 2.80. The van der Waals surface area contributed by atoms with E-state index in [1.165, 1.54) is 0 Å². The second-order valence-corrected chi connectivity index (χ2v) is 5.06. The second-order valence-electron chi connectivity index (χ2n) is 2.59. The molecule has 0 amide bonds. The summed E-state index contributed by atoms with van der Waals surface area (Å²) in [5, 5.41) is -0.142. The molecule has 0 spiro atoms. The molecule has 0 aromatic rings.